The van der Waals surface area contributed by atoms with E-state index in [1.807, 2.05) is 36.1 Å². The Bertz CT molecular complexity index is 539. The van der Waals surface area contributed by atoms with Gasteiger partial charge in [0, 0.05) is 19.5 Å². The fourth-order valence-corrected chi connectivity index (χ4v) is 3.12. The monoisotopic (exact) mass is 303 g/mol. The Kier molecular flexibility index (Phi) is 4.32. The van der Waals surface area contributed by atoms with Gasteiger partial charge in [0.1, 0.15) is 5.75 Å². The Hall–Kier alpha value is -2.04. The first-order valence-electron chi connectivity index (χ1n) is 7.89. The minimum atomic E-state index is -0.420. The predicted octanol–water partition coefficient (Wildman–Crippen LogP) is 1.79. The van der Waals surface area contributed by atoms with Crippen molar-refractivity contribution in [1.82, 2.24) is 4.90 Å². The molecular weight excluding hydrogens is 282 g/mol. The predicted molar refractivity (Wildman–Crippen MR) is 80.5 cm³/mol. The smallest absolute Gasteiger partial charge is 0.309 e. The summed E-state index contributed by atoms with van der Waals surface area (Å²) in [5, 5.41) is 0. The van der Waals surface area contributed by atoms with Crippen LogP contribution in [0.2, 0.25) is 0 Å². The van der Waals surface area contributed by atoms with E-state index in [-0.39, 0.29) is 17.8 Å². The summed E-state index contributed by atoms with van der Waals surface area (Å²) >= 11 is 0. The molecule has 5 nitrogen and oxygen atoms in total. The van der Waals surface area contributed by atoms with E-state index in [0.29, 0.717) is 39.0 Å². The number of benzene rings is 1. The number of rotatable bonds is 3. The molecule has 0 bridgehead atoms. The van der Waals surface area contributed by atoms with Crippen LogP contribution in [0.4, 0.5) is 0 Å². The van der Waals surface area contributed by atoms with Crippen LogP contribution < -0.4 is 4.74 Å². The topological polar surface area (TPSA) is 55.8 Å². The second kappa shape index (κ2) is 6.38. The van der Waals surface area contributed by atoms with E-state index in [4.69, 9.17) is 9.47 Å². The normalized spacial score (nSPS) is 21.1. The largest absolute Gasteiger partial charge is 0.480 e. The lowest BCUT2D eigenvalue weighted by Gasteiger charge is -2.32. The number of carbonyl (C=O) groups excluding carboxylic acids is 2. The number of esters is 1. The molecule has 1 aromatic rings. The molecule has 1 unspecified atom stereocenters. The van der Waals surface area contributed by atoms with Crippen molar-refractivity contribution in [3.05, 3.63) is 29.8 Å². The van der Waals surface area contributed by atoms with Crippen LogP contribution >= 0.6 is 0 Å². The number of ether oxygens (including phenoxy) is 2. The van der Waals surface area contributed by atoms with Gasteiger partial charge < -0.3 is 14.4 Å². The molecule has 0 aromatic heterocycles. The van der Waals surface area contributed by atoms with Crippen molar-refractivity contribution in [3.63, 3.8) is 0 Å². The maximum Gasteiger partial charge on any atom is 0.309 e. The van der Waals surface area contributed by atoms with E-state index >= 15 is 0 Å². The first kappa shape index (κ1) is 14.9. The summed E-state index contributed by atoms with van der Waals surface area (Å²) in [7, 11) is 0. The fraction of sp³-hybridized carbons (Fsp3) is 0.529. The van der Waals surface area contributed by atoms with E-state index in [1.165, 1.54) is 0 Å². The highest BCUT2D eigenvalue weighted by Crippen LogP contribution is 2.30. The summed E-state index contributed by atoms with van der Waals surface area (Å²) < 4.78 is 10.8. The van der Waals surface area contributed by atoms with Gasteiger partial charge in [-0.3, -0.25) is 9.59 Å². The average Bonchev–Trinajstić information content (AvgIpc) is 2.98. The van der Waals surface area contributed by atoms with Gasteiger partial charge in [-0.15, -0.1) is 0 Å². The molecule has 1 saturated heterocycles. The molecule has 0 aliphatic carbocycles. The second-order valence-electron chi connectivity index (χ2n) is 5.77. The van der Waals surface area contributed by atoms with Crippen LogP contribution in [0.15, 0.2) is 24.3 Å². The number of nitrogens with zero attached hydrogens (tertiary/aromatic N) is 1. The molecule has 2 heterocycles. The summed E-state index contributed by atoms with van der Waals surface area (Å²) in [5.41, 5.74) is 1.09. The van der Waals surface area contributed by atoms with Gasteiger partial charge in [-0.25, -0.2) is 0 Å². The third-order valence-electron chi connectivity index (χ3n) is 4.35. The van der Waals surface area contributed by atoms with Crippen LogP contribution in [0.3, 0.4) is 0 Å². The zero-order valence-electron chi connectivity index (χ0n) is 12.8. The molecule has 0 saturated carbocycles. The summed E-state index contributed by atoms with van der Waals surface area (Å²) in [6.45, 7) is 3.41. The number of hydrogen-bond acceptors (Lipinski definition) is 4. The van der Waals surface area contributed by atoms with Crippen LogP contribution in [0.5, 0.6) is 5.75 Å². The molecule has 2 aliphatic heterocycles. The third kappa shape index (κ3) is 2.93. The van der Waals surface area contributed by atoms with Crippen molar-refractivity contribution in [1.29, 1.82) is 0 Å². The van der Waals surface area contributed by atoms with Gasteiger partial charge in [0.2, 0.25) is 0 Å². The van der Waals surface area contributed by atoms with E-state index in [0.717, 1.165) is 11.3 Å². The van der Waals surface area contributed by atoms with Crippen LogP contribution in [0, 0.1) is 5.92 Å². The highest BCUT2D eigenvalue weighted by molar-refractivity contribution is 5.83. The molecule has 5 heteroatoms. The van der Waals surface area contributed by atoms with Crippen molar-refractivity contribution < 1.29 is 19.1 Å². The van der Waals surface area contributed by atoms with Gasteiger partial charge in [-0.05, 0) is 31.4 Å². The van der Waals surface area contributed by atoms with Crippen molar-refractivity contribution in [3.8, 4) is 5.75 Å². The standard InChI is InChI=1S/C17H21NO4/c1-2-21-17(20)12-7-9-18(10-8-12)16(19)15-11-13-5-3-4-6-14(13)22-15/h3-6,12,15H,2,7-11H2,1H3. The molecule has 22 heavy (non-hydrogen) atoms. The van der Waals surface area contributed by atoms with E-state index < -0.39 is 6.10 Å². The van der Waals surface area contributed by atoms with Crippen molar-refractivity contribution >= 4 is 11.9 Å². The van der Waals surface area contributed by atoms with Gasteiger partial charge in [-0.2, -0.15) is 0 Å². The molecule has 0 radical (unpaired) electrons. The third-order valence-corrected chi connectivity index (χ3v) is 4.35. The summed E-state index contributed by atoms with van der Waals surface area (Å²) in [5.74, 6) is 0.616. The molecule has 1 atom stereocenters. The molecule has 0 spiro atoms. The van der Waals surface area contributed by atoms with Gasteiger partial charge in [0.15, 0.2) is 6.10 Å². The van der Waals surface area contributed by atoms with E-state index in [2.05, 4.69) is 0 Å². The SMILES string of the molecule is CCOC(=O)C1CCN(C(=O)C2Cc3ccccc3O2)CC1. The van der Waals surface area contributed by atoms with Gasteiger partial charge in [-0.1, -0.05) is 18.2 Å². The van der Waals surface area contributed by atoms with Gasteiger partial charge in [0.05, 0.1) is 12.5 Å². The highest BCUT2D eigenvalue weighted by atomic mass is 16.5. The van der Waals surface area contributed by atoms with Gasteiger partial charge >= 0.3 is 5.97 Å². The molecular formula is C17H21NO4. The van der Waals surface area contributed by atoms with Crippen LogP contribution in [-0.2, 0) is 20.7 Å². The van der Waals surface area contributed by atoms with Crippen LogP contribution in [-0.4, -0.2) is 42.6 Å². The number of para-hydroxylation sites is 1. The molecule has 1 aromatic carbocycles. The molecule has 1 fully saturated rings. The number of fused-ring (bicyclic) bond motifs is 1. The Balaban J connectivity index is 1.54. The lowest BCUT2D eigenvalue weighted by molar-refractivity contribution is -0.152. The molecule has 2 aliphatic rings. The van der Waals surface area contributed by atoms with Crippen molar-refractivity contribution in [2.45, 2.75) is 32.3 Å². The number of amides is 1. The average molecular weight is 303 g/mol. The van der Waals surface area contributed by atoms with Crippen molar-refractivity contribution in [2.75, 3.05) is 19.7 Å². The minimum Gasteiger partial charge on any atom is -0.480 e. The minimum absolute atomic E-state index is 0.0264. The number of piperidine rings is 1. The van der Waals surface area contributed by atoms with E-state index in [1.54, 1.807) is 0 Å². The second-order valence-corrected chi connectivity index (χ2v) is 5.77. The summed E-state index contributed by atoms with van der Waals surface area (Å²) in [6, 6.07) is 7.77. The first-order chi connectivity index (χ1) is 10.7. The van der Waals surface area contributed by atoms with Crippen molar-refractivity contribution in [2.24, 2.45) is 5.92 Å². The van der Waals surface area contributed by atoms with Crippen LogP contribution in [0.25, 0.3) is 0 Å². The highest BCUT2D eigenvalue weighted by Gasteiger charge is 2.35. The maximum atomic E-state index is 12.6. The lowest BCUT2D eigenvalue weighted by Crippen LogP contribution is -2.46. The summed E-state index contributed by atoms with van der Waals surface area (Å²) in [4.78, 5) is 26.1. The molecule has 1 amide bonds. The quantitative estimate of drug-likeness (QED) is 0.799. The Morgan fingerprint density at radius 1 is 1.27 bits per heavy atom. The molecule has 3 rings (SSSR count). The first-order valence-corrected chi connectivity index (χ1v) is 7.89. The molecule has 118 valence electrons. The zero-order chi connectivity index (χ0) is 15.5. The Morgan fingerprint density at radius 2 is 2.00 bits per heavy atom. The summed E-state index contributed by atoms with van der Waals surface area (Å²) in [6.07, 6.45) is 1.55. The molecule has 0 N–H and O–H groups in total. The fourth-order valence-electron chi connectivity index (χ4n) is 3.12. The number of hydrogen-bond donors (Lipinski definition) is 0. The number of likely N-dealkylation sites (tertiary alicyclic amines) is 1. The lowest BCUT2D eigenvalue weighted by atomic mass is 9.96. The van der Waals surface area contributed by atoms with Crippen LogP contribution in [0.1, 0.15) is 25.3 Å². The maximum absolute atomic E-state index is 12.6. The Morgan fingerprint density at radius 3 is 2.68 bits per heavy atom. The van der Waals surface area contributed by atoms with Gasteiger partial charge in [0.25, 0.3) is 5.91 Å². The zero-order valence-corrected chi connectivity index (χ0v) is 12.8. The Labute approximate surface area is 130 Å². The van der Waals surface area contributed by atoms with E-state index in [9.17, 15) is 9.59 Å². The number of carbonyl (C=O) groups is 2.